The van der Waals surface area contributed by atoms with E-state index in [1.165, 1.54) is 18.2 Å². The molecule has 0 aliphatic carbocycles. The third kappa shape index (κ3) is 1.81. The number of aromatic nitrogens is 2. The van der Waals surface area contributed by atoms with Crippen LogP contribution < -0.4 is 0 Å². The van der Waals surface area contributed by atoms with E-state index in [0.717, 1.165) is 5.52 Å². The van der Waals surface area contributed by atoms with Gasteiger partial charge in [0.1, 0.15) is 10.1 Å². The molecule has 0 N–H and O–H groups in total. The van der Waals surface area contributed by atoms with E-state index in [-0.39, 0.29) is 4.90 Å². The van der Waals surface area contributed by atoms with Crippen LogP contribution in [0.2, 0.25) is 0 Å². The molecule has 0 spiro atoms. The Balaban J connectivity index is 2.37. The number of fused-ring (bicyclic) bond motifs is 2. The van der Waals surface area contributed by atoms with Crippen molar-refractivity contribution in [3.05, 3.63) is 42.5 Å². The standard InChI is InChI=1S/C12H8N2O3S/c15-18(16,17)8-5-6-11-12(7-8)14-10-4-2-1-3-9(10)13-11/h1-7H,(H,15,16,17)/p-1. The molecule has 18 heavy (non-hydrogen) atoms. The average molecular weight is 259 g/mol. The van der Waals surface area contributed by atoms with E-state index in [0.29, 0.717) is 16.6 Å². The first-order valence-corrected chi connectivity index (χ1v) is 6.57. The SMILES string of the molecule is O=S(=O)([O-])c1ccc2nc3ccccc3nc2c1. The van der Waals surface area contributed by atoms with Crippen LogP contribution in [0.25, 0.3) is 22.1 Å². The molecule has 0 aliphatic heterocycles. The second-order valence-electron chi connectivity index (χ2n) is 3.82. The topological polar surface area (TPSA) is 83.0 Å². The number of rotatable bonds is 1. The van der Waals surface area contributed by atoms with Crippen molar-refractivity contribution in [1.29, 1.82) is 0 Å². The van der Waals surface area contributed by atoms with Crippen LogP contribution in [0.4, 0.5) is 0 Å². The fourth-order valence-electron chi connectivity index (χ4n) is 1.76. The van der Waals surface area contributed by atoms with Crippen molar-refractivity contribution in [3.8, 4) is 0 Å². The summed E-state index contributed by atoms with van der Waals surface area (Å²) in [7, 11) is -4.47. The van der Waals surface area contributed by atoms with E-state index in [9.17, 15) is 13.0 Å². The third-order valence-electron chi connectivity index (χ3n) is 2.60. The highest BCUT2D eigenvalue weighted by Gasteiger charge is 2.05. The van der Waals surface area contributed by atoms with Gasteiger partial charge in [-0.05, 0) is 30.3 Å². The van der Waals surface area contributed by atoms with Gasteiger partial charge in [0.05, 0.1) is 27.0 Å². The van der Waals surface area contributed by atoms with Gasteiger partial charge in [0.15, 0.2) is 0 Å². The lowest BCUT2D eigenvalue weighted by atomic mass is 10.2. The van der Waals surface area contributed by atoms with E-state index in [2.05, 4.69) is 9.97 Å². The van der Waals surface area contributed by atoms with Crippen LogP contribution in [-0.2, 0) is 10.1 Å². The molecular weight excluding hydrogens is 252 g/mol. The third-order valence-corrected chi connectivity index (χ3v) is 3.43. The highest BCUT2D eigenvalue weighted by molar-refractivity contribution is 7.85. The van der Waals surface area contributed by atoms with Crippen LogP contribution in [0.3, 0.4) is 0 Å². The molecule has 3 aromatic rings. The van der Waals surface area contributed by atoms with Crippen molar-refractivity contribution in [3.63, 3.8) is 0 Å². The fraction of sp³-hybridized carbons (Fsp3) is 0. The first-order chi connectivity index (χ1) is 8.54. The minimum atomic E-state index is -4.47. The summed E-state index contributed by atoms with van der Waals surface area (Å²) in [4.78, 5) is 8.34. The first kappa shape index (κ1) is 11.1. The molecule has 5 nitrogen and oxygen atoms in total. The van der Waals surface area contributed by atoms with Gasteiger partial charge < -0.3 is 4.55 Å². The summed E-state index contributed by atoms with van der Waals surface area (Å²) >= 11 is 0. The Morgan fingerprint density at radius 2 is 1.39 bits per heavy atom. The number of hydrogen-bond acceptors (Lipinski definition) is 5. The molecule has 6 heteroatoms. The average Bonchev–Trinajstić information content (AvgIpc) is 2.34. The molecule has 0 aliphatic rings. The van der Waals surface area contributed by atoms with Gasteiger partial charge in [0.2, 0.25) is 0 Å². The van der Waals surface area contributed by atoms with Gasteiger partial charge in [0.25, 0.3) is 0 Å². The largest absolute Gasteiger partial charge is 0.744 e. The normalized spacial score (nSPS) is 12.1. The molecule has 2 aromatic carbocycles. The first-order valence-electron chi connectivity index (χ1n) is 5.16. The summed E-state index contributed by atoms with van der Waals surface area (Å²) in [5.74, 6) is 0. The molecule has 1 heterocycles. The molecule has 0 radical (unpaired) electrons. The summed E-state index contributed by atoms with van der Waals surface area (Å²) in [6.45, 7) is 0. The maximum atomic E-state index is 10.9. The number of para-hydroxylation sites is 2. The van der Waals surface area contributed by atoms with E-state index in [1.54, 1.807) is 6.07 Å². The molecule has 90 valence electrons. The second kappa shape index (κ2) is 3.72. The molecule has 1 aromatic heterocycles. The molecule has 0 unspecified atom stereocenters. The summed E-state index contributed by atoms with van der Waals surface area (Å²) < 4.78 is 32.8. The second-order valence-corrected chi connectivity index (χ2v) is 5.20. The molecule has 0 bridgehead atoms. The zero-order valence-corrected chi connectivity index (χ0v) is 9.89. The molecule has 0 saturated carbocycles. The molecular formula is C12H7N2O3S-. The van der Waals surface area contributed by atoms with Crippen molar-refractivity contribution >= 4 is 32.2 Å². The Bertz CT molecular complexity index is 859. The van der Waals surface area contributed by atoms with E-state index in [4.69, 9.17) is 0 Å². The van der Waals surface area contributed by atoms with Gasteiger partial charge in [-0.15, -0.1) is 0 Å². The zero-order valence-electron chi connectivity index (χ0n) is 9.07. The smallest absolute Gasteiger partial charge is 0.124 e. The number of hydrogen-bond donors (Lipinski definition) is 0. The predicted molar refractivity (Wildman–Crippen MR) is 65.0 cm³/mol. The van der Waals surface area contributed by atoms with Crippen molar-refractivity contribution in [2.45, 2.75) is 4.90 Å². The van der Waals surface area contributed by atoms with Crippen LogP contribution in [0, 0.1) is 0 Å². The minimum absolute atomic E-state index is 0.292. The Labute approximate surface area is 103 Å². The monoisotopic (exact) mass is 259 g/mol. The molecule has 0 saturated heterocycles. The fourth-order valence-corrected chi connectivity index (χ4v) is 2.25. The predicted octanol–water partition coefficient (Wildman–Crippen LogP) is 1.69. The molecule has 0 atom stereocenters. The maximum Gasteiger partial charge on any atom is 0.124 e. The molecule has 0 fully saturated rings. The van der Waals surface area contributed by atoms with E-state index < -0.39 is 10.1 Å². The number of benzene rings is 2. The van der Waals surface area contributed by atoms with Gasteiger partial charge in [-0.2, -0.15) is 0 Å². The highest BCUT2D eigenvalue weighted by atomic mass is 32.2. The van der Waals surface area contributed by atoms with E-state index >= 15 is 0 Å². The number of nitrogens with zero attached hydrogens (tertiary/aromatic N) is 2. The highest BCUT2D eigenvalue weighted by Crippen LogP contribution is 2.19. The van der Waals surface area contributed by atoms with Crippen LogP contribution in [0.1, 0.15) is 0 Å². The van der Waals surface area contributed by atoms with Crippen molar-refractivity contribution in [2.75, 3.05) is 0 Å². The Morgan fingerprint density at radius 3 is 2.00 bits per heavy atom. The van der Waals surface area contributed by atoms with E-state index in [1.807, 2.05) is 18.2 Å². The van der Waals surface area contributed by atoms with Crippen molar-refractivity contribution in [2.24, 2.45) is 0 Å². The van der Waals surface area contributed by atoms with Gasteiger partial charge >= 0.3 is 0 Å². The minimum Gasteiger partial charge on any atom is -0.744 e. The van der Waals surface area contributed by atoms with Gasteiger partial charge in [-0.3, -0.25) is 0 Å². The zero-order chi connectivity index (χ0) is 12.8. The summed E-state index contributed by atoms with van der Waals surface area (Å²) in [5.41, 5.74) is 2.33. The quantitative estimate of drug-likeness (QED) is 0.490. The summed E-state index contributed by atoms with van der Waals surface area (Å²) in [5, 5.41) is 0. The Hall–Kier alpha value is -2.05. The van der Waals surface area contributed by atoms with Crippen molar-refractivity contribution in [1.82, 2.24) is 9.97 Å². The van der Waals surface area contributed by atoms with Gasteiger partial charge in [-0.25, -0.2) is 18.4 Å². The Kier molecular flexibility index (Phi) is 2.29. The Morgan fingerprint density at radius 1 is 0.833 bits per heavy atom. The molecule has 0 amide bonds. The van der Waals surface area contributed by atoms with Crippen LogP contribution in [-0.4, -0.2) is 22.9 Å². The summed E-state index contributed by atoms with van der Waals surface area (Å²) in [6.07, 6.45) is 0. The lowest BCUT2D eigenvalue weighted by molar-refractivity contribution is 0.463. The van der Waals surface area contributed by atoms with Crippen LogP contribution in [0.5, 0.6) is 0 Å². The summed E-state index contributed by atoms with van der Waals surface area (Å²) in [6, 6.07) is 11.2. The van der Waals surface area contributed by atoms with Crippen molar-refractivity contribution < 1.29 is 13.0 Å². The lowest BCUT2D eigenvalue weighted by Gasteiger charge is -2.07. The van der Waals surface area contributed by atoms with Crippen LogP contribution in [0.15, 0.2) is 47.4 Å². The molecule has 3 rings (SSSR count). The van der Waals surface area contributed by atoms with Gasteiger partial charge in [-0.1, -0.05) is 12.1 Å². The lowest BCUT2D eigenvalue weighted by Crippen LogP contribution is -1.99. The maximum absolute atomic E-state index is 10.9. The van der Waals surface area contributed by atoms with Gasteiger partial charge in [0, 0.05) is 0 Å². The van der Waals surface area contributed by atoms with Crippen LogP contribution >= 0.6 is 0 Å².